The largest absolute Gasteiger partial charge is 0.459 e. The second-order valence-electron chi connectivity index (χ2n) is 9.05. The van der Waals surface area contributed by atoms with Gasteiger partial charge in [-0.15, -0.1) is 0 Å². The zero-order chi connectivity index (χ0) is 24.0. The number of nitrogens with one attached hydrogen (secondary N) is 2. The van der Waals surface area contributed by atoms with E-state index in [1.807, 2.05) is 18.2 Å². The maximum absolute atomic E-state index is 13.2. The first-order chi connectivity index (χ1) is 15.8. The van der Waals surface area contributed by atoms with Crippen molar-refractivity contribution in [3.05, 3.63) is 58.4 Å². The molecule has 1 fully saturated rings. The van der Waals surface area contributed by atoms with Crippen molar-refractivity contribution in [3.8, 4) is 0 Å². The molecule has 7 heteroatoms. The fourth-order valence-corrected chi connectivity index (χ4v) is 4.37. The third kappa shape index (κ3) is 6.24. The van der Waals surface area contributed by atoms with Crippen LogP contribution in [-0.2, 0) is 16.0 Å². The molecule has 1 aliphatic rings. The van der Waals surface area contributed by atoms with Gasteiger partial charge in [-0.25, -0.2) is 4.79 Å². The lowest BCUT2D eigenvalue weighted by molar-refractivity contribution is -0.126. The fourth-order valence-electron chi connectivity index (χ4n) is 4.37. The molecule has 2 aromatic rings. The van der Waals surface area contributed by atoms with Crippen LogP contribution in [0.2, 0.25) is 0 Å². The fraction of sp³-hybridized carbons (Fsp3) is 0.500. The molecule has 1 aliphatic heterocycles. The molecule has 2 heterocycles. The number of carbonyl (C=O) groups is 3. The number of benzene rings is 1. The van der Waals surface area contributed by atoms with Crippen LogP contribution >= 0.6 is 0 Å². The molecule has 0 radical (unpaired) electrons. The van der Waals surface area contributed by atoms with E-state index >= 15 is 0 Å². The SMILES string of the molecule is Cc1[nH]c(C(=O)N2CCC[C@@H](C(=O)NCCCc3ccccc3)C2)c(C)c1C(=O)OC(C)C. The zero-order valence-electron chi connectivity index (χ0n) is 20.1. The molecule has 0 saturated carbocycles. The average Bonchev–Trinajstić information content (AvgIpc) is 3.10. The number of aromatic amines is 1. The number of H-pyrrole nitrogens is 1. The van der Waals surface area contributed by atoms with Gasteiger partial charge < -0.3 is 19.9 Å². The molecule has 1 atom stereocenters. The summed E-state index contributed by atoms with van der Waals surface area (Å²) in [5.74, 6) is -0.829. The van der Waals surface area contributed by atoms with Crippen molar-refractivity contribution in [2.45, 2.75) is 59.5 Å². The highest BCUT2D eigenvalue weighted by atomic mass is 16.5. The van der Waals surface area contributed by atoms with Gasteiger partial charge in [0.2, 0.25) is 5.91 Å². The van der Waals surface area contributed by atoms with Crippen LogP contribution < -0.4 is 5.32 Å². The van der Waals surface area contributed by atoms with Gasteiger partial charge in [-0.3, -0.25) is 9.59 Å². The number of aromatic nitrogens is 1. The van der Waals surface area contributed by atoms with Crippen molar-refractivity contribution in [3.63, 3.8) is 0 Å². The number of nitrogens with zero attached hydrogens (tertiary/aromatic N) is 1. The molecule has 1 aromatic carbocycles. The molecular formula is C26H35N3O4. The molecule has 0 spiro atoms. The molecule has 0 unspecified atom stereocenters. The highest BCUT2D eigenvalue weighted by Crippen LogP contribution is 2.24. The van der Waals surface area contributed by atoms with Crippen LogP contribution in [0.15, 0.2) is 30.3 Å². The molecular weight excluding hydrogens is 418 g/mol. The number of aryl methyl sites for hydroxylation is 2. The third-order valence-electron chi connectivity index (χ3n) is 6.06. The van der Waals surface area contributed by atoms with Crippen molar-refractivity contribution in [1.82, 2.24) is 15.2 Å². The number of rotatable bonds is 8. The Balaban J connectivity index is 1.57. The predicted molar refractivity (Wildman–Crippen MR) is 127 cm³/mol. The summed E-state index contributed by atoms with van der Waals surface area (Å²) in [6.45, 7) is 8.71. The topological polar surface area (TPSA) is 91.5 Å². The van der Waals surface area contributed by atoms with E-state index in [0.717, 1.165) is 25.7 Å². The Kier molecular flexibility index (Phi) is 8.31. The van der Waals surface area contributed by atoms with Gasteiger partial charge in [-0.1, -0.05) is 30.3 Å². The smallest absolute Gasteiger partial charge is 0.340 e. The Morgan fingerprint density at radius 2 is 1.91 bits per heavy atom. The van der Waals surface area contributed by atoms with Crippen LogP contribution in [0.25, 0.3) is 0 Å². The Hall–Kier alpha value is -3.09. The Morgan fingerprint density at radius 1 is 1.18 bits per heavy atom. The monoisotopic (exact) mass is 453 g/mol. The molecule has 7 nitrogen and oxygen atoms in total. The van der Waals surface area contributed by atoms with Crippen molar-refractivity contribution < 1.29 is 19.1 Å². The van der Waals surface area contributed by atoms with Crippen LogP contribution in [0.1, 0.15) is 70.8 Å². The zero-order valence-corrected chi connectivity index (χ0v) is 20.1. The van der Waals surface area contributed by atoms with Gasteiger partial charge >= 0.3 is 5.97 Å². The molecule has 33 heavy (non-hydrogen) atoms. The molecule has 3 rings (SSSR count). The number of likely N-dealkylation sites (tertiary alicyclic amines) is 1. The summed E-state index contributed by atoms with van der Waals surface area (Å²) in [5.41, 5.74) is 3.28. The predicted octanol–water partition coefficient (Wildman–Crippen LogP) is 3.80. The van der Waals surface area contributed by atoms with Crippen molar-refractivity contribution in [1.29, 1.82) is 0 Å². The molecule has 1 saturated heterocycles. The summed E-state index contributed by atoms with van der Waals surface area (Å²) < 4.78 is 5.32. The van der Waals surface area contributed by atoms with Crippen molar-refractivity contribution >= 4 is 17.8 Å². The number of carbonyl (C=O) groups excluding carboxylic acids is 3. The van der Waals surface area contributed by atoms with Gasteiger partial charge in [0.25, 0.3) is 5.91 Å². The van der Waals surface area contributed by atoms with E-state index in [1.165, 1.54) is 5.56 Å². The van der Waals surface area contributed by atoms with E-state index in [0.29, 0.717) is 42.1 Å². The maximum Gasteiger partial charge on any atom is 0.340 e. The number of amides is 2. The van der Waals surface area contributed by atoms with Crippen molar-refractivity contribution in [2.24, 2.45) is 5.92 Å². The minimum atomic E-state index is -0.429. The highest BCUT2D eigenvalue weighted by molar-refractivity contribution is 6.00. The summed E-state index contributed by atoms with van der Waals surface area (Å²) in [5, 5.41) is 3.03. The lowest BCUT2D eigenvalue weighted by Crippen LogP contribution is -2.45. The lowest BCUT2D eigenvalue weighted by atomic mass is 9.96. The number of ether oxygens (including phenoxy) is 1. The Morgan fingerprint density at radius 3 is 2.61 bits per heavy atom. The normalized spacial score (nSPS) is 16.0. The van der Waals surface area contributed by atoms with Gasteiger partial charge in [0, 0.05) is 25.3 Å². The highest BCUT2D eigenvalue weighted by Gasteiger charge is 2.31. The third-order valence-corrected chi connectivity index (χ3v) is 6.06. The summed E-state index contributed by atoms with van der Waals surface area (Å²) in [4.78, 5) is 43.2. The van der Waals surface area contributed by atoms with Gasteiger partial charge in [-0.2, -0.15) is 0 Å². The van der Waals surface area contributed by atoms with Crippen LogP contribution in [-0.4, -0.2) is 53.4 Å². The Labute approximate surface area is 195 Å². The van der Waals surface area contributed by atoms with Crippen LogP contribution in [0.3, 0.4) is 0 Å². The molecule has 1 aromatic heterocycles. The van der Waals surface area contributed by atoms with Crippen LogP contribution in [0.4, 0.5) is 0 Å². The minimum absolute atomic E-state index is 0.00106. The minimum Gasteiger partial charge on any atom is -0.459 e. The average molecular weight is 454 g/mol. The van der Waals surface area contributed by atoms with E-state index in [9.17, 15) is 14.4 Å². The summed E-state index contributed by atoms with van der Waals surface area (Å²) in [7, 11) is 0. The van der Waals surface area contributed by atoms with E-state index in [-0.39, 0.29) is 23.8 Å². The Bertz CT molecular complexity index is 981. The van der Waals surface area contributed by atoms with E-state index in [1.54, 1.807) is 32.6 Å². The van der Waals surface area contributed by atoms with Gasteiger partial charge in [0.15, 0.2) is 0 Å². The lowest BCUT2D eigenvalue weighted by Gasteiger charge is -2.32. The summed E-state index contributed by atoms with van der Waals surface area (Å²) in [6.07, 6.45) is 3.10. The number of piperidine rings is 1. The van der Waals surface area contributed by atoms with Crippen molar-refractivity contribution in [2.75, 3.05) is 19.6 Å². The first kappa shape index (κ1) is 24.6. The molecule has 2 N–H and O–H groups in total. The van der Waals surface area contributed by atoms with E-state index in [2.05, 4.69) is 22.4 Å². The molecule has 0 bridgehead atoms. The molecule has 2 amide bonds. The summed E-state index contributed by atoms with van der Waals surface area (Å²) >= 11 is 0. The maximum atomic E-state index is 13.2. The second kappa shape index (κ2) is 11.2. The number of esters is 1. The first-order valence-electron chi connectivity index (χ1n) is 11.8. The second-order valence-corrected chi connectivity index (χ2v) is 9.05. The molecule has 178 valence electrons. The van der Waals surface area contributed by atoms with Crippen LogP contribution in [0, 0.1) is 19.8 Å². The van der Waals surface area contributed by atoms with Crippen LogP contribution in [0.5, 0.6) is 0 Å². The van der Waals surface area contributed by atoms with Gasteiger partial charge in [0.05, 0.1) is 17.6 Å². The van der Waals surface area contributed by atoms with E-state index in [4.69, 9.17) is 4.74 Å². The quantitative estimate of drug-likeness (QED) is 0.470. The summed E-state index contributed by atoms with van der Waals surface area (Å²) in [6, 6.07) is 10.2. The number of hydrogen-bond acceptors (Lipinski definition) is 4. The van der Waals surface area contributed by atoms with E-state index < -0.39 is 5.97 Å². The van der Waals surface area contributed by atoms with Gasteiger partial charge in [-0.05, 0) is 64.5 Å². The first-order valence-corrected chi connectivity index (χ1v) is 11.8. The van der Waals surface area contributed by atoms with Gasteiger partial charge in [0.1, 0.15) is 5.69 Å². The standard InChI is InChI=1S/C26H35N3O4/c1-17(2)33-26(32)22-18(3)23(28-19(22)4)25(31)29-15-9-13-21(16-29)24(30)27-14-8-12-20-10-6-5-7-11-20/h5-7,10-11,17,21,28H,8-9,12-16H2,1-4H3,(H,27,30)/t21-/m1/s1. The molecule has 0 aliphatic carbocycles. The number of hydrogen-bond donors (Lipinski definition) is 2.